The van der Waals surface area contributed by atoms with E-state index in [9.17, 15) is 4.79 Å². The van der Waals surface area contributed by atoms with Gasteiger partial charge in [0.25, 0.3) is 0 Å². The van der Waals surface area contributed by atoms with Crippen LogP contribution >= 0.6 is 0 Å². The molecule has 0 heterocycles. The van der Waals surface area contributed by atoms with Gasteiger partial charge in [0.15, 0.2) is 5.96 Å². The SMILES string of the molecule is CCCC(=O)Nc1ccc(CN=C(N(C)C)N(C)C)cc1. The first-order valence-electron chi connectivity index (χ1n) is 7.22. The topological polar surface area (TPSA) is 47.9 Å². The third kappa shape index (κ3) is 5.85. The summed E-state index contributed by atoms with van der Waals surface area (Å²) in [6, 6.07) is 7.83. The average Bonchev–Trinajstić information content (AvgIpc) is 2.40. The second kappa shape index (κ2) is 8.29. The van der Waals surface area contributed by atoms with Gasteiger partial charge in [0.1, 0.15) is 0 Å². The molecule has 0 fully saturated rings. The molecule has 5 nitrogen and oxygen atoms in total. The monoisotopic (exact) mass is 290 g/mol. The van der Waals surface area contributed by atoms with Gasteiger partial charge in [-0.25, -0.2) is 4.99 Å². The van der Waals surface area contributed by atoms with Crippen molar-refractivity contribution in [2.24, 2.45) is 4.99 Å². The fraction of sp³-hybridized carbons (Fsp3) is 0.500. The molecule has 0 saturated heterocycles. The van der Waals surface area contributed by atoms with Gasteiger partial charge in [0.05, 0.1) is 6.54 Å². The normalized spacial score (nSPS) is 9.95. The van der Waals surface area contributed by atoms with Gasteiger partial charge in [-0.2, -0.15) is 0 Å². The Balaban J connectivity index is 2.66. The first-order valence-corrected chi connectivity index (χ1v) is 7.22. The highest BCUT2D eigenvalue weighted by molar-refractivity contribution is 5.90. The smallest absolute Gasteiger partial charge is 0.224 e. The van der Waals surface area contributed by atoms with Crippen molar-refractivity contribution >= 4 is 17.6 Å². The number of guanidine groups is 1. The summed E-state index contributed by atoms with van der Waals surface area (Å²) < 4.78 is 0. The molecule has 0 bridgehead atoms. The molecule has 21 heavy (non-hydrogen) atoms. The Morgan fingerprint density at radius 3 is 2.14 bits per heavy atom. The van der Waals surface area contributed by atoms with Crippen LogP contribution in [0, 0.1) is 0 Å². The summed E-state index contributed by atoms with van der Waals surface area (Å²) in [5, 5.41) is 2.88. The molecule has 0 radical (unpaired) electrons. The highest BCUT2D eigenvalue weighted by Gasteiger charge is 2.04. The Bertz CT molecular complexity index is 468. The van der Waals surface area contributed by atoms with Gasteiger partial charge in [-0.05, 0) is 24.1 Å². The quantitative estimate of drug-likeness (QED) is 0.669. The van der Waals surface area contributed by atoms with Crippen molar-refractivity contribution in [2.75, 3.05) is 33.5 Å². The molecule has 1 rings (SSSR count). The molecule has 0 aliphatic carbocycles. The van der Waals surface area contributed by atoms with E-state index in [0.717, 1.165) is 23.6 Å². The third-order valence-corrected chi connectivity index (χ3v) is 2.92. The van der Waals surface area contributed by atoms with Crippen molar-refractivity contribution in [3.63, 3.8) is 0 Å². The van der Waals surface area contributed by atoms with Gasteiger partial charge < -0.3 is 15.1 Å². The number of hydrogen-bond donors (Lipinski definition) is 1. The number of benzene rings is 1. The van der Waals surface area contributed by atoms with Crippen LogP contribution in [-0.4, -0.2) is 49.9 Å². The number of carbonyl (C=O) groups excluding carboxylic acids is 1. The number of carbonyl (C=O) groups is 1. The van der Waals surface area contributed by atoms with Crippen LogP contribution in [0.3, 0.4) is 0 Å². The van der Waals surface area contributed by atoms with E-state index in [0.29, 0.717) is 13.0 Å². The second-order valence-electron chi connectivity index (χ2n) is 5.40. The van der Waals surface area contributed by atoms with Crippen molar-refractivity contribution in [3.8, 4) is 0 Å². The predicted molar refractivity (Wildman–Crippen MR) is 88.5 cm³/mol. The van der Waals surface area contributed by atoms with Crippen LogP contribution in [0.5, 0.6) is 0 Å². The van der Waals surface area contributed by atoms with Crippen LogP contribution in [0.25, 0.3) is 0 Å². The van der Waals surface area contributed by atoms with Crippen molar-refractivity contribution in [2.45, 2.75) is 26.3 Å². The summed E-state index contributed by atoms with van der Waals surface area (Å²) in [5.41, 5.74) is 1.95. The molecule has 0 spiro atoms. The Kier molecular flexibility index (Phi) is 6.72. The van der Waals surface area contributed by atoms with E-state index in [1.807, 2.05) is 69.2 Å². The number of nitrogens with zero attached hydrogens (tertiary/aromatic N) is 3. The number of rotatable bonds is 5. The van der Waals surface area contributed by atoms with E-state index in [1.165, 1.54) is 0 Å². The van der Waals surface area contributed by atoms with Gasteiger partial charge in [0.2, 0.25) is 5.91 Å². The summed E-state index contributed by atoms with van der Waals surface area (Å²) >= 11 is 0. The average molecular weight is 290 g/mol. The van der Waals surface area contributed by atoms with Gasteiger partial charge in [-0.1, -0.05) is 19.1 Å². The number of amides is 1. The van der Waals surface area contributed by atoms with Crippen LogP contribution in [-0.2, 0) is 11.3 Å². The minimum absolute atomic E-state index is 0.0609. The summed E-state index contributed by atoms with van der Waals surface area (Å²) in [5.74, 6) is 0.987. The molecule has 1 N–H and O–H groups in total. The highest BCUT2D eigenvalue weighted by atomic mass is 16.1. The molecule has 0 unspecified atom stereocenters. The molecule has 1 aromatic rings. The van der Waals surface area contributed by atoms with Crippen molar-refractivity contribution < 1.29 is 4.79 Å². The first-order chi connectivity index (χ1) is 9.93. The van der Waals surface area contributed by atoms with Gasteiger partial charge in [-0.3, -0.25) is 4.79 Å². The van der Waals surface area contributed by atoms with Crippen LogP contribution in [0.4, 0.5) is 5.69 Å². The van der Waals surface area contributed by atoms with E-state index in [-0.39, 0.29) is 5.91 Å². The van der Waals surface area contributed by atoms with E-state index < -0.39 is 0 Å². The lowest BCUT2D eigenvalue weighted by molar-refractivity contribution is -0.116. The number of nitrogens with one attached hydrogen (secondary N) is 1. The van der Waals surface area contributed by atoms with Crippen LogP contribution in [0.15, 0.2) is 29.3 Å². The highest BCUT2D eigenvalue weighted by Crippen LogP contribution is 2.11. The molecule has 0 saturated carbocycles. The van der Waals surface area contributed by atoms with Crippen LogP contribution in [0.2, 0.25) is 0 Å². The molecular weight excluding hydrogens is 264 g/mol. The van der Waals surface area contributed by atoms with E-state index in [4.69, 9.17) is 0 Å². The Hall–Kier alpha value is -2.04. The predicted octanol–water partition coefficient (Wildman–Crippen LogP) is 2.40. The van der Waals surface area contributed by atoms with Gasteiger partial charge in [-0.15, -0.1) is 0 Å². The lowest BCUT2D eigenvalue weighted by atomic mass is 10.2. The largest absolute Gasteiger partial charge is 0.349 e. The molecule has 0 aliphatic heterocycles. The zero-order valence-electron chi connectivity index (χ0n) is 13.7. The minimum Gasteiger partial charge on any atom is -0.349 e. The first kappa shape index (κ1) is 17.0. The molecule has 0 aliphatic rings. The Labute approximate surface area is 127 Å². The van der Waals surface area contributed by atoms with Gasteiger partial charge >= 0.3 is 0 Å². The standard InChI is InChI=1S/C16H26N4O/c1-6-7-15(21)18-14-10-8-13(9-11-14)12-17-16(19(2)3)20(4)5/h8-11H,6-7,12H2,1-5H3,(H,18,21). The summed E-state index contributed by atoms with van der Waals surface area (Å²) in [6.07, 6.45) is 1.41. The van der Waals surface area contributed by atoms with Crippen molar-refractivity contribution in [3.05, 3.63) is 29.8 Å². The van der Waals surface area contributed by atoms with E-state index in [1.54, 1.807) is 0 Å². The Morgan fingerprint density at radius 2 is 1.67 bits per heavy atom. The molecule has 116 valence electrons. The minimum atomic E-state index is 0.0609. The lowest BCUT2D eigenvalue weighted by Gasteiger charge is -2.22. The molecular formula is C16H26N4O. The molecule has 1 aromatic carbocycles. The maximum atomic E-state index is 11.5. The van der Waals surface area contributed by atoms with Crippen LogP contribution < -0.4 is 5.32 Å². The zero-order chi connectivity index (χ0) is 15.8. The van der Waals surface area contributed by atoms with Crippen molar-refractivity contribution in [1.82, 2.24) is 9.80 Å². The van der Waals surface area contributed by atoms with Gasteiger partial charge in [0, 0.05) is 40.3 Å². The Morgan fingerprint density at radius 1 is 1.10 bits per heavy atom. The van der Waals surface area contributed by atoms with Crippen LogP contribution in [0.1, 0.15) is 25.3 Å². The number of aliphatic imine (C=N–C) groups is 1. The number of anilines is 1. The fourth-order valence-electron chi connectivity index (χ4n) is 1.99. The fourth-order valence-corrected chi connectivity index (χ4v) is 1.99. The maximum absolute atomic E-state index is 11.5. The third-order valence-electron chi connectivity index (χ3n) is 2.92. The summed E-state index contributed by atoms with van der Waals surface area (Å²) in [4.78, 5) is 20.1. The molecule has 0 aromatic heterocycles. The lowest BCUT2D eigenvalue weighted by Crippen LogP contribution is -2.35. The second-order valence-corrected chi connectivity index (χ2v) is 5.40. The summed E-state index contributed by atoms with van der Waals surface area (Å²) in [6.45, 7) is 2.61. The zero-order valence-corrected chi connectivity index (χ0v) is 13.7. The molecule has 0 atom stereocenters. The molecule has 1 amide bonds. The van der Waals surface area contributed by atoms with E-state index >= 15 is 0 Å². The van der Waals surface area contributed by atoms with E-state index in [2.05, 4.69) is 10.3 Å². The maximum Gasteiger partial charge on any atom is 0.224 e. The number of hydrogen-bond acceptors (Lipinski definition) is 2. The van der Waals surface area contributed by atoms with Crippen molar-refractivity contribution in [1.29, 1.82) is 0 Å². The summed E-state index contributed by atoms with van der Waals surface area (Å²) in [7, 11) is 7.91. The molecule has 5 heteroatoms.